The number of hydrogen-bond acceptors (Lipinski definition) is 3. The third kappa shape index (κ3) is 3.71. The molecule has 19 heavy (non-hydrogen) atoms. The van der Waals surface area contributed by atoms with Crippen LogP contribution in [0.2, 0.25) is 0 Å². The monoisotopic (exact) mass is 262 g/mol. The van der Waals surface area contributed by atoms with E-state index in [-0.39, 0.29) is 0 Å². The quantitative estimate of drug-likeness (QED) is 0.886. The molecule has 0 aromatic heterocycles. The zero-order chi connectivity index (χ0) is 13.7. The van der Waals surface area contributed by atoms with E-state index < -0.39 is 0 Å². The third-order valence-electron chi connectivity index (χ3n) is 4.09. The number of methoxy groups -OCH3 is 1. The number of rotatable bonds is 5. The van der Waals surface area contributed by atoms with Crippen LogP contribution in [0.4, 0.5) is 0 Å². The summed E-state index contributed by atoms with van der Waals surface area (Å²) in [5, 5.41) is 0. The topological polar surface area (TPSA) is 38.5 Å². The Bertz CT molecular complexity index is 406. The smallest absolute Gasteiger partial charge is 0.123 e. The van der Waals surface area contributed by atoms with Gasteiger partial charge in [0.25, 0.3) is 0 Å². The number of likely N-dealkylation sites (tertiary alicyclic amines) is 1. The summed E-state index contributed by atoms with van der Waals surface area (Å²) in [7, 11) is 1.75. The molecule has 1 heterocycles. The molecule has 0 saturated carbocycles. The summed E-state index contributed by atoms with van der Waals surface area (Å²) in [5.74, 6) is 0.999. The number of benzene rings is 1. The van der Waals surface area contributed by atoms with Crippen LogP contribution in [0, 0.1) is 0 Å². The first-order valence-electron chi connectivity index (χ1n) is 7.34. The largest absolute Gasteiger partial charge is 0.496 e. The molecule has 1 aromatic carbocycles. The van der Waals surface area contributed by atoms with Gasteiger partial charge in [0.05, 0.1) is 7.11 Å². The number of ether oxygens (including phenoxy) is 1. The van der Waals surface area contributed by atoms with E-state index in [1.807, 2.05) is 0 Å². The second-order valence-corrected chi connectivity index (χ2v) is 5.50. The van der Waals surface area contributed by atoms with Crippen molar-refractivity contribution in [3.63, 3.8) is 0 Å². The van der Waals surface area contributed by atoms with E-state index >= 15 is 0 Å². The lowest BCUT2D eigenvalue weighted by molar-refractivity contribution is 0.151. The predicted molar refractivity (Wildman–Crippen MR) is 79.5 cm³/mol. The minimum absolute atomic E-state index is 0.677. The molecule has 3 heteroatoms. The zero-order valence-electron chi connectivity index (χ0n) is 12.2. The average molecular weight is 262 g/mol. The number of nitrogens with two attached hydrogens (primary N) is 1. The fraction of sp³-hybridized carbons (Fsp3) is 0.625. The summed E-state index contributed by atoms with van der Waals surface area (Å²) in [6.07, 6.45) is 4.93. The first-order valence-corrected chi connectivity index (χ1v) is 7.34. The Balaban J connectivity index is 2.14. The van der Waals surface area contributed by atoms with E-state index in [9.17, 15) is 0 Å². The van der Waals surface area contributed by atoms with Crippen LogP contribution < -0.4 is 10.5 Å². The molecule has 1 saturated heterocycles. The molecule has 2 rings (SSSR count). The maximum atomic E-state index is 5.65. The SMILES string of the molecule is COc1ccc(CCN)cc1CN1CCCCC1C. The van der Waals surface area contributed by atoms with Crippen LogP contribution in [0.1, 0.15) is 37.3 Å². The van der Waals surface area contributed by atoms with E-state index in [2.05, 4.69) is 30.0 Å². The van der Waals surface area contributed by atoms with Gasteiger partial charge >= 0.3 is 0 Å². The van der Waals surface area contributed by atoms with Gasteiger partial charge in [-0.2, -0.15) is 0 Å². The Labute approximate surface area is 116 Å². The van der Waals surface area contributed by atoms with E-state index in [0.29, 0.717) is 12.6 Å². The summed E-state index contributed by atoms with van der Waals surface area (Å²) >= 11 is 0. The van der Waals surface area contributed by atoms with Gasteiger partial charge in [0, 0.05) is 18.2 Å². The van der Waals surface area contributed by atoms with Crippen molar-refractivity contribution in [2.45, 2.75) is 45.2 Å². The van der Waals surface area contributed by atoms with Crippen LogP contribution in [-0.2, 0) is 13.0 Å². The minimum atomic E-state index is 0.677. The second-order valence-electron chi connectivity index (χ2n) is 5.50. The zero-order valence-corrected chi connectivity index (χ0v) is 12.2. The summed E-state index contributed by atoms with van der Waals surface area (Å²) in [6.45, 7) is 5.22. The number of hydrogen-bond donors (Lipinski definition) is 1. The highest BCUT2D eigenvalue weighted by atomic mass is 16.5. The van der Waals surface area contributed by atoms with E-state index in [0.717, 1.165) is 18.7 Å². The molecule has 1 atom stereocenters. The van der Waals surface area contributed by atoms with Gasteiger partial charge in [-0.3, -0.25) is 4.90 Å². The molecular weight excluding hydrogens is 236 g/mol. The van der Waals surface area contributed by atoms with Gasteiger partial charge in [0.2, 0.25) is 0 Å². The Morgan fingerprint density at radius 2 is 2.21 bits per heavy atom. The Morgan fingerprint density at radius 3 is 2.89 bits per heavy atom. The van der Waals surface area contributed by atoms with Crippen LogP contribution in [0.5, 0.6) is 5.75 Å². The highest BCUT2D eigenvalue weighted by Gasteiger charge is 2.19. The van der Waals surface area contributed by atoms with Gasteiger partial charge in [-0.15, -0.1) is 0 Å². The van der Waals surface area contributed by atoms with Gasteiger partial charge in [0.1, 0.15) is 5.75 Å². The van der Waals surface area contributed by atoms with Crippen molar-refractivity contribution < 1.29 is 4.74 Å². The van der Waals surface area contributed by atoms with Gasteiger partial charge < -0.3 is 10.5 Å². The standard InChI is InChI=1S/C16H26N2O/c1-13-5-3-4-10-18(13)12-15-11-14(8-9-17)6-7-16(15)19-2/h6-7,11,13H,3-5,8-10,12,17H2,1-2H3. The van der Waals surface area contributed by atoms with Crippen LogP contribution in [-0.4, -0.2) is 31.1 Å². The average Bonchev–Trinajstić information content (AvgIpc) is 2.42. The molecule has 1 aliphatic rings. The summed E-state index contributed by atoms with van der Waals surface area (Å²) in [6, 6.07) is 7.13. The third-order valence-corrected chi connectivity index (χ3v) is 4.09. The molecule has 0 spiro atoms. The second kappa shape index (κ2) is 6.92. The summed E-state index contributed by atoms with van der Waals surface area (Å²) in [5.41, 5.74) is 8.25. The fourth-order valence-corrected chi connectivity index (χ4v) is 2.89. The van der Waals surface area contributed by atoms with Crippen molar-refractivity contribution in [1.29, 1.82) is 0 Å². The van der Waals surface area contributed by atoms with E-state index in [4.69, 9.17) is 10.5 Å². The maximum absolute atomic E-state index is 5.65. The van der Waals surface area contributed by atoms with Crippen molar-refractivity contribution in [2.24, 2.45) is 5.73 Å². The lowest BCUT2D eigenvalue weighted by atomic mass is 10.0. The van der Waals surface area contributed by atoms with Gasteiger partial charge in [-0.1, -0.05) is 18.6 Å². The molecule has 1 aliphatic heterocycles. The minimum Gasteiger partial charge on any atom is -0.496 e. The predicted octanol–water partition coefficient (Wildman–Crippen LogP) is 2.57. The Kier molecular flexibility index (Phi) is 5.23. The molecule has 0 bridgehead atoms. The molecule has 0 radical (unpaired) electrons. The first-order chi connectivity index (χ1) is 9.24. The van der Waals surface area contributed by atoms with E-state index in [1.165, 1.54) is 36.9 Å². The summed E-state index contributed by atoms with van der Waals surface area (Å²) < 4.78 is 5.50. The van der Waals surface area contributed by atoms with Crippen LogP contribution in [0.3, 0.4) is 0 Å². The molecule has 3 nitrogen and oxygen atoms in total. The van der Waals surface area contributed by atoms with Crippen molar-refractivity contribution in [1.82, 2.24) is 4.90 Å². The number of piperidine rings is 1. The maximum Gasteiger partial charge on any atom is 0.123 e. The lowest BCUT2D eigenvalue weighted by Crippen LogP contribution is -2.36. The number of nitrogens with zero attached hydrogens (tertiary/aromatic N) is 1. The van der Waals surface area contributed by atoms with Gasteiger partial charge in [-0.05, 0) is 50.9 Å². The molecular formula is C16H26N2O. The van der Waals surface area contributed by atoms with Gasteiger partial charge in [0.15, 0.2) is 0 Å². The summed E-state index contributed by atoms with van der Waals surface area (Å²) in [4.78, 5) is 2.56. The van der Waals surface area contributed by atoms with Crippen molar-refractivity contribution >= 4 is 0 Å². The molecule has 2 N–H and O–H groups in total. The molecule has 1 unspecified atom stereocenters. The molecule has 106 valence electrons. The van der Waals surface area contributed by atoms with Gasteiger partial charge in [-0.25, -0.2) is 0 Å². The van der Waals surface area contributed by atoms with Crippen molar-refractivity contribution in [3.05, 3.63) is 29.3 Å². The highest BCUT2D eigenvalue weighted by Crippen LogP contribution is 2.25. The fourth-order valence-electron chi connectivity index (χ4n) is 2.89. The molecule has 1 aromatic rings. The Hall–Kier alpha value is -1.06. The molecule has 0 amide bonds. The van der Waals surface area contributed by atoms with Crippen LogP contribution in [0.25, 0.3) is 0 Å². The van der Waals surface area contributed by atoms with E-state index in [1.54, 1.807) is 7.11 Å². The lowest BCUT2D eigenvalue weighted by Gasteiger charge is -2.33. The first kappa shape index (κ1) is 14.4. The Morgan fingerprint density at radius 1 is 1.37 bits per heavy atom. The van der Waals surface area contributed by atoms with Crippen molar-refractivity contribution in [2.75, 3.05) is 20.2 Å². The van der Waals surface area contributed by atoms with Crippen LogP contribution in [0.15, 0.2) is 18.2 Å². The van der Waals surface area contributed by atoms with Crippen LogP contribution >= 0.6 is 0 Å². The normalized spacial score (nSPS) is 20.5. The highest BCUT2D eigenvalue weighted by molar-refractivity contribution is 5.37. The molecule has 1 fully saturated rings. The van der Waals surface area contributed by atoms with Crippen molar-refractivity contribution in [3.8, 4) is 5.75 Å². The molecule has 0 aliphatic carbocycles.